The van der Waals surface area contributed by atoms with Crippen LogP contribution in [0, 0.1) is 11.3 Å². The minimum absolute atomic E-state index is 0.0428. The summed E-state index contributed by atoms with van der Waals surface area (Å²) in [7, 11) is 1.86. The van der Waals surface area contributed by atoms with Crippen molar-refractivity contribution in [3.05, 3.63) is 23.9 Å². The van der Waals surface area contributed by atoms with Gasteiger partial charge in [-0.05, 0) is 37.5 Å². The van der Waals surface area contributed by atoms with Gasteiger partial charge in [0.2, 0.25) is 0 Å². The Morgan fingerprint density at radius 1 is 1.47 bits per heavy atom. The summed E-state index contributed by atoms with van der Waals surface area (Å²) < 4.78 is 7.62. The van der Waals surface area contributed by atoms with Gasteiger partial charge in [0.15, 0.2) is 11.9 Å². The molecule has 0 bridgehead atoms. The van der Waals surface area contributed by atoms with E-state index in [9.17, 15) is 5.26 Å². The minimum atomic E-state index is -0.0428. The largest absolute Gasteiger partial charge is 0.388 e. The van der Waals surface area contributed by atoms with E-state index in [4.69, 9.17) is 4.74 Å². The number of rotatable bonds is 2. The maximum atomic E-state index is 9.22. The maximum Gasteiger partial charge on any atom is 0.170 e. The quantitative estimate of drug-likeness (QED) is 0.897. The standard InChI is InChI=1S/C14H16N4O/c1-16-10-5-6-13-11(8-10)12(9-15)17-18(13)14-4-2-3-7-19-14/h5-6,8,14,16H,2-4,7H2,1H3. The molecule has 1 saturated heterocycles. The van der Waals surface area contributed by atoms with Crippen LogP contribution in [-0.4, -0.2) is 23.4 Å². The third kappa shape index (κ3) is 2.04. The van der Waals surface area contributed by atoms with Crippen LogP contribution in [0.15, 0.2) is 18.2 Å². The van der Waals surface area contributed by atoms with Crippen molar-refractivity contribution in [3.63, 3.8) is 0 Å². The molecule has 98 valence electrons. The first-order chi connectivity index (χ1) is 9.33. The average Bonchev–Trinajstić information content (AvgIpc) is 2.86. The first-order valence-corrected chi connectivity index (χ1v) is 6.55. The summed E-state index contributed by atoms with van der Waals surface area (Å²) in [4.78, 5) is 0. The molecule has 0 amide bonds. The van der Waals surface area contributed by atoms with Crippen molar-refractivity contribution in [2.75, 3.05) is 19.0 Å². The number of anilines is 1. The Bertz CT molecular complexity index is 635. The number of nitriles is 1. The molecular formula is C14H16N4O. The average molecular weight is 256 g/mol. The Hall–Kier alpha value is -2.06. The highest BCUT2D eigenvalue weighted by atomic mass is 16.5. The molecule has 0 saturated carbocycles. The lowest BCUT2D eigenvalue weighted by molar-refractivity contribution is -0.0367. The van der Waals surface area contributed by atoms with Crippen molar-refractivity contribution in [2.24, 2.45) is 0 Å². The van der Waals surface area contributed by atoms with E-state index in [2.05, 4.69) is 16.5 Å². The second-order valence-electron chi connectivity index (χ2n) is 4.71. The van der Waals surface area contributed by atoms with E-state index >= 15 is 0 Å². The number of aromatic nitrogens is 2. The minimum Gasteiger partial charge on any atom is -0.388 e. The van der Waals surface area contributed by atoms with Gasteiger partial charge >= 0.3 is 0 Å². The molecule has 0 radical (unpaired) electrons. The maximum absolute atomic E-state index is 9.22. The zero-order valence-electron chi connectivity index (χ0n) is 10.9. The summed E-state index contributed by atoms with van der Waals surface area (Å²) in [6.45, 7) is 0.766. The van der Waals surface area contributed by atoms with Crippen molar-refractivity contribution in [1.29, 1.82) is 5.26 Å². The molecule has 19 heavy (non-hydrogen) atoms. The molecule has 1 N–H and O–H groups in total. The molecule has 1 aromatic heterocycles. The van der Waals surface area contributed by atoms with Gasteiger partial charge < -0.3 is 10.1 Å². The highest BCUT2D eigenvalue weighted by molar-refractivity contribution is 5.87. The lowest BCUT2D eigenvalue weighted by atomic mass is 10.1. The number of benzene rings is 1. The van der Waals surface area contributed by atoms with E-state index in [1.165, 1.54) is 0 Å². The molecule has 1 aromatic carbocycles. The number of ether oxygens (including phenoxy) is 1. The van der Waals surface area contributed by atoms with E-state index < -0.39 is 0 Å². The highest BCUT2D eigenvalue weighted by Crippen LogP contribution is 2.29. The Labute approximate surface area is 111 Å². The molecule has 3 rings (SSSR count). The first-order valence-electron chi connectivity index (χ1n) is 6.55. The lowest BCUT2D eigenvalue weighted by Gasteiger charge is -2.23. The van der Waals surface area contributed by atoms with Gasteiger partial charge in [-0.1, -0.05) is 0 Å². The van der Waals surface area contributed by atoms with Crippen LogP contribution < -0.4 is 5.32 Å². The summed E-state index contributed by atoms with van der Waals surface area (Å²) in [6, 6.07) is 8.11. The molecule has 2 aromatic rings. The number of fused-ring (bicyclic) bond motifs is 1. The Balaban J connectivity index is 2.12. The Kier molecular flexibility index (Phi) is 3.10. The Morgan fingerprint density at radius 2 is 2.37 bits per heavy atom. The van der Waals surface area contributed by atoms with Crippen LogP contribution in [0.4, 0.5) is 5.69 Å². The second-order valence-corrected chi connectivity index (χ2v) is 4.71. The molecule has 2 heterocycles. The van der Waals surface area contributed by atoms with Crippen molar-refractivity contribution in [3.8, 4) is 6.07 Å². The summed E-state index contributed by atoms with van der Waals surface area (Å²) in [6.07, 6.45) is 3.15. The molecule has 1 fully saturated rings. The third-order valence-corrected chi connectivity index (χ3v) is 3.53. The SMILES string of the molecule is CNc1ccc2c(c1)c(C#N)nn2C1CCCCO1. The topological polar surface area (TPSA) is 62.9 Å². The highest BCUT2D eigenvalue weighted by Gasteiger charge is 2.20. The zero-order chi connectivity index (χ0) is 13.2. The smallest absolute Gasteiger partial charge is 0.170 e. The van der Waals surface area contributed by atoms with Gasteiger partial charge in [0.05, 0.1) is 5.52 Å². The van der Waals surface area contributed by atoms with Crippen LogP contribution in [0.25, 0.3) is 10.9 Å². The van der Waals surface area contributed by atoms with Crippen molar-refractivity contribution in [2.45, 2.75) is 25.5 Å². The summed E-state index contributed by atoms with van der Waals surface area (Å²) in [5.74, 6) is 0. The van der Waals surface area contributed by atoms with Gasteiger partial charge in [0.25, 0.3) is 0 Å². The van der Waals surface area contributed by atoms with E-state index in [-0.39, 0.29) is 6.23 Å². The van der Waals surface area contributed by atoms with Crippen LogP contribution >= 0.6 is 0 Å². The molecule has 1 aliphatic rings. The van der Waals surface area contributed by atoms with Gasteiger partial charge in [-0.2, -0.15) is 10.4 Å². The van der Waals surface area contributed by atoms with Crippen LogP contribution in [0.2, 0.25) is 0 Å². The number of nitrogens with one attached hydrogen (secondary N) is 1. The van der Waals surface area contributed by atoms with Gasteiger partial charge in [-0.25, -0.2) is 4.68 Å². The number of hydrogen-bond donors (Lipinski definition) is 1. The summed E-state index contributed by atoms with van der Waals surface area (Å²) >= 11 is 0. The fourth-order valence-corrected chi connectivity index (χ4v) is 2.52. The fourth-order valence-electron chi connectivity index (χ4n) is 2.52. The predicted molar refractivity (Wildman–Crippen MR) is 72.8 cm³/mol. The van der Waals surface area contributed by atoms with Crippen LogP contribution in [0.5, 0.6) is 0 Å². The van der Waals surface area contributed by atoms with Gasteiger partial charge in [-0.3, -0.25) is 0 Å². The molecular weight excluding hydrogens is 240 g/mol. The molecule has 0 spiro atoms. The molecule has 1 unspecified atom stereocenters. The lowest BCUT2D eigenvalue weighted by Crippen LogP contribution is -2.19. The molecule has 0 aliphatic carbocycles. The van der Waals surface area contributed by atoms with Crippen molar-refractivity contribution >= 4 is 16.6 Å². The Morgan fingerprint density at radius 3 is 3.05 bits per heavy atom. The predicted octanol–water partition coefficient (Wildman–Crippen LogP) is 2.65. The molecule has 5 nitrogen and oxygen atoms in total. The summed E-state index contributed by atoms with van der Waals surface area (Å²) in [5.41, 5.74) is 2.40. The van der Waals surface area contributed by atoms with E-state index in [0.717, 1.165) is 42.5 Å². The van der Waals surface area contributed by atoms with Crippen molar-refractivity contribution < 1.29 is 4.74 Å². The van der Waals surface area contributed by atoms with Gasteiger partial charge in [0, 0.05) is 24.7 Å². The van der Waals surface area contributed by atoms with Crippen LogP contribution in [-0.2, 0) is 4.74 Å². The number of hydrogen-bond acceptors (Lipinski definition) is 4. The molecule has 1 atom stereocenters. The molecule has 5 heteroatoms. The fraction of sp³-hybridized carbons (Fsp3) is 0.429. The monoisotopic (exact) mass is 256 g/mol. The van der Waals surface area contributed by atoms with E-state index in [1.807, 2.05) is 29.9 Å². The zero-order valence-corrected chi connectivity index (χ0v) is 10.9. The van der Waals surface area contributed by atoms with Crippen LogP contribution in [0.3, 0.4) is 0 Å². The first kappa shape index (κ1) is 12.0. The third-order valence-electron chi connectivity index (χ3n) is 3.53. The molecule has 1 aliphatic heterocycles. The van der Waals surface area contributed by atoms with Gasteiger partial charge in [-0.15, -0.1) is 0 Å². The van der Waals surface area contributed by atoms with E-state index in [1.54, 1.807) is 0 Å². The summed E-state index contributed by atoms with van der Waals surface area (Å²) in [5, 5.41) is 17.6. The number of nitrogens with zero attached hydrogens (tertiary/aromatic N) is 3. The second kappa shape index (κ2) is 4.90. The van der Waals surface area contributed by atoms with Gasteiger partial charge in [0.1, 0.15) is 6.07 Å². The van der Waals surface area contributed by atoms with Crippen molar-refractivity contribution in [1.82, 2.24) is 9.78 Å². The normalized spacial score (nSPS) is 19.3. The van der Waals surface area contributed by atoms with E-state index in [0.29, 0.717) is 5.69 Å². The van der Waals surface area contributed by atoms with Crippen LogP contribution in [0.1, 0.15) is 31.2 Å².